The van der Waals surface area contributed by atoms with Gasteiger partial charge in [0.15, 0.2) is 0 Å². The number of hydrogen-bond donors (Lipinski definition) is 1. The van der Waals surface area contributed by atoms with Crippen molar-refractivity contribution in [2.45, 2.75) is 32.9 Å². The fourth-order valence-electron chi connectivity index (χ4n) is 1.16. The van der Waals surface area contributed by atoms with E-state index in [4.69, 9.17) is 5.11 Å². The first kappa shape index (κ1) is 12.1. The maximum absolute atomic E-state index is 10.7. The van der Waals surface area contributed by atoms with E-state index in [2.05, 4.69) is 11.9 Å². The highest BCUT2D eigenvalue weighted by atomic mass is 32.1. The Morgan fingerprint density at radius 1 is 1.73 bits per heavy atom. The molecule has 4 nitrogen and oxygen atoms in total. The number of aryl methyl sites for hydroxylation is 1. The Morgan fingerprint density at radius 3 is 2.87 bits per heavy atom. The van der Waals surface area contributed by atoms with Gasteiger partial charge in [0.1, 0.15) is 6.04 Å². The molecule has 1 aromatic heterocycles. The minimum absolute atomic E-state index is 0.461. The zero-order chi connectivity index (χ0) is 11.4. The fourth-order valence-corrected chi connectivity index (χ4v) is 2.08. The van der Waals surface area contributed by atoms with Crippen molar-refractivity contribution < 1.29 is 9.90 Å². The van der Waals surface area contributed by atoms with Gasteiger partial charge in [0, 0.05) is 17.6 Å². The summed E-state index contributed by atoms with van der Waals surface area (Å²) in [5, 5.41) is 9.93. The molecule has 0 fully saturated rings. The van der Waals surface area contributed by atoms with Crippen LogP contribution in [0.1, 0.15) is 23.7 Å². The molecule has 0 aliphatic heterocycles. The molecule has 1 atom stereocenters. The fraction of sp³-hybridized carbons (Fsp3) is 0.600. The monoisotopic (exact) mass is 228 g/mol. The number of likely N-dealkylation sites (N-methyl/N-ethyl adjacent to an activating group) is 1. The molecule has 0 saturated carbocycles. The van der Waals surface area contributed by atoms with E-state index in [0.29, 0.717) is 6.54 Å². The molecule has 1 heterocycles. The highest BCUT2D eigenvalue weighted by Gasteiger charge is 2.17. The van der Waals surface area contributed by atoms with Gasteiger partial charge in [0.2, 0.25) is 0 Å². The molecule has 1 aromatic rings. The number of carboxylic acid groups (broad SMARTS) is 1. The van der Waals surface area contributed by atoms with Crippen LogP contribution in [0.15, 0.2) is 6.20 Å². The summed E-state index contributed by atoms with van der Waals surface area (Å²) in [7, 11) is 1.81. The average Bonchev–Trinajstić information content (AvgIpc) is 2.64. The molecule has 0 saturated heterocycles. The summed E-state index contributed by atoms with van der Waals surface area (Å²) in [5.74, 6) is -0.794. The molecule has 0 amide bonds. The molecule has 1 rings (SSSR count). The first-order chi connectivity index (χ1) is 7.04. The van der Waals surface area contributed by atoms with Crippen molar-refractivity contribution in [2.75, 3.05) is 7.05 Å². The lowest BCUT2D eigenvalue weighted by Gasteiger charge is -2.19. The summed E-state index contributed by atoms with van der Waals surface area (Å²) in [6.07, 6.45) is 2.76. The van der Waals surface area contributed by atoms with E-state index < -0.39 is 12.0 Å². The predicted molar refractivity (Wildman–Crippen MR) is 60.1 cm³/mol. The standard InChI is InChI=1S/C10H16N2O2S/c1-4-9-11-5-8(15-9)6-12(3)7(2)10(13)14/h5,7H,4,6H2,1-3H3,(H,13,14). The first-order valence-electron chi connectivity index (χ1n) is 4.91. The Kier molecular flexibility index (Phi) is 4.23. The number of rotatable bonds is 5. The van der Waals surface area contributed by atoms with Crippen molar-refractivity contribution >= 4 is 17.3 Å². The van der Waals surface area contributed by atoms with Crippen molar-refractivity contribution in [2.24, 2.45) is 0 Å². The van der Waals surface area contributed by atoms with Crippen LogP contribution in [0.3, 0.4) is 0 Å². The van der Waals surface area contributed by atoms with Crippen molar-refractivity contribution in [1.29, 1.82) is 0 Å². The van der Waals surface area contributed by atoms with Crippen molar-refractivity contribution in [3.05, 3.63) is 16.1 Å². The molecule has 0 spiro atoms. The van der Waals surface area contributed by atoms with E-state index in [0.717, 1.165) is 16.3 Å². The van der Waals surface area contributed by atoms with E-state index >= 15 is 0 Å². The molecule has 0 aliphatic rings. The van der Waals surface area contributed by atoms with Crippen molar-refractivity contribution in [1.82, 2.24) is 9.88 Å². The van der Waals surface area contributed by atoms with E-state index in [1.165, 1.54) is 0 Å². The third kappa shape index (κ3) is 3.28. The van der Waals surface area contributed by atoms with Gasteiger partial charge < -0.3 is 5.11 Å². The maximum atomic E-state index is 10.7. The number of hydrogen-bond acceptors (Lipinski definition) is 4. The lowest BCUT2D eigenvalue weighted by molar-refractivity contribution is -0.142. The Hall–Kier alpha value is -0.940. The summed E-state index contributed by atoms with van der Waals surface area (Å²) in [6, 6.07) is -0.461. The molecule has 84 valence electrons. The van der Waals surface area contributed by atoms with Gasteiger partial charge in [0.25, 0.3) is 0 Å². The Bertz CT molecular complexity index is 338. The summed E-state index contributed by atoms with van der Waals surface area (Å²) in [6.45, 7) is 4.39. The number of nitrogens with zero attached hydrogens (tertiary/aromatic N) is 2. The molecule has 0 aliphatic carbocycles. The molecule has 0 bridgehead atoms. The van der Waals surface area contributed by atoms with Crippen LogP contribution in [0.25, 0.3) is 0 Å². The average molecular weight is 228 g/mol. The SMILES string of the molecule is CCc1ncc(CN(C)C(C)C(=O)O)s1. The van der Waals surface area contributed by atoms with Gasteiger partial charge in [0.05, 0.1) is 5.01 Å². The summed E-state index contributed by atoms with van der Waals surface area (Å²) >= 11 is 1.64. The second kappa shape index (κ2) is 5.23. The van der Waals surface area contributed by atoms with E-state index in [9.17, 15) is 4.79 Å². The molecule has 0 radical (unpaired) electrons. The first-order valence-corrected chi connectivity index (χ1v) is 5.72. The Morgan fingerprint density at radius 2 is 2.40 bits per heavy atom. The summed E-state index contributed by atoms with van der Waals surface area (Å²) < 4.78 is 0. The van der Waals surface area contributed by atoms with Gasteiger partial charge in [-0.1, -0.05) is 6.92 Å². The zero-order valence-electron chi connectivity index (χ0n) is 9.23. The minimum atomic E-state index is -0.794. The van der Waals surface area contributed by atoms with Crippen LogP contribution in [-0.2, 0) is 17.8 Å². The van der Waals surface area contributed by atoms with Gasteiger partial charge >= 0.3 is 5.97 Å². The second-order valence-electron chi connectivity index (χ2n) is 3.50. The molecular weight excluding hydrogens is 212 g/mol. The van der Waals surface area contributed by atoms with Crippen LogP contribution in [0.5, 0.6) is 0 Å². The quantitative estimate of drug-likeness (QED) is 0.832. The molecule has 15 heavy (non-hydrogen) atoms. The van der Waals surface area contributed by atoms with Crippen LogP contribution in [0.2, 0.25) is 0 Å². The summed E-state index contributed by atoms with van der Waals surface area (Å²) in [4.78, 5) is 17.9. The lowest BCUT2D eigenvalue weighted by Crippen LogP contribution is -2.35. The number of carbonyl (C=O) groups is 1. The second-order valence-corrected chi connectivity index (χ2v) is 4.70. The summed E-state index contributed by atoms with van der Waals surface area (Å²) in [5.41, 5.74) is 0. The molecule has 1 unspecified atom stereocenters. The minimum Gasteiger partial charge on any atom is -0.480 e. The molecule has 1 N–H and O–H groups in total. The van der Waals surface area contributed by atoms with Crippen LogP contribution >= 0.6 is 11.3 Å². The third-order valence-corrected chi connectivity index (χ3v) is 3.45. The molecule has 5 heteroatoms. The largest absolute Gasteiger partial charge is 0.480 e. The number of aromatic nitrogens is 1. The van der Waals surface area contributed by atoms with Crippen molar-refractivity contribution in [3.63, 3.8) is 0 Å². The number of thiazole rings is 1. The van der Waals surface area contributed by atoms with Crippen LogP contribution in [0.4, 0.5) is 0 Å². The normalized spacial score (nSPS) is 13.1. The number of aliphatic carboxylic acids is 1. The molecule has 0 aromatic carbocycles. The van der Waals surface area contributed by atoms with Gasteiger partial charge in [-0.15, -0.1) is 11.3 Å². The topological polar surface area (TPSA) is 53.4 Å². The van der Waals surface area contributed by atoms with Gasteiger partial charge in [-0.3, -0.25) is 9.69 Å². The van der Waals surface area contributed by atoms with Gasteiger partial charge in [-0.2, -0.15) is 0 Å². The Balaban J connectivity index is 2.57. The molecular formula is C10H16N2O2S. The highest BCUT2D eigenvalue weighted by Crippen LogP contribution is 2.15. The van der Waals surface area contributed by atoms with Crippen molar-refractivity contribution in [3.8, 4) is 0 Å². The highest BCUT2D eigenvalue weighted by molar-refractivity contribution is 7.11. The van der Waals surface area contributed by atoms with Crippen LogP contribution in [0, 0.1) is 0 Å². The third-order valence-electron chi connectivity index (χ3n) is 2.33. The zero-order valence-corrected chi connectivity index (χ0v) is 10.0. The van der Waals surface area contributed by atoms with Gasteiger partial charge in [-0.25, -0.2) is 4.98 Å². The Labute approximate surface area is 93.6 Å². The van der Waals surface area contributed by atoms with Crippen LogP contribution < -0.4 is 0 Å². The van der Waals surface area contributed by atoms with E-state index in [1.807, 2.05) is 13.2 Å². The van der Waals surface area contributed by atoms with E-state index in [-0.39, 0.29) is 0 Å². The van der Waals surface area contributed by atoms with Crippen LogP contribution in [-0.4, -0.2) is 34.0 Å². The van der Waals surface area contributed by atoms with Gasteiger partial charge in [-0.05, 0) is 20.4 Å². The lowest BCUT2D eigenvalue weighted by atomic mass is 10.3. The van der Waals surface area contributed by atoms with E-state index in [1.54, 1.807) is 23.2 Å². The number of carboxylic acids is 1. The smallest absolute Gasteiger partial charge is 0.320 e. The predicted octanol–water partition coefficient (Wildman–Crippen LogP) is 1.61. The maximum Gasteiger partial charge on any atom is 0.320 e.